The number of hydrazine groups is 1. The summed E-state index contributed by atoms with van der Waals surface area (Å²) < 4.78 is 10.5. The fourth-order valence-corrected chi connectivity index (χ4v) is 1.44. The molecule has 0 radical (unpaired) electrons. The second kappa shape index (κ2) is 2.85. The molecule has 1 aromatic carbocycles. The van der Waals surface area contributed by atoms with Crippen LogP contribution in [0.25, 0.3) is 0 Å². The Bertz CT molecular complexity index is 393. The van der Waals surface area contributed by atoms with Crippen LogP contribution in [-0.4, -0.2) is 6.79 Å². The van der Waals surface area contributed by atoms with Gasteiger partial charge in [0, 0.05) is 0 Å². The molecule has 0 fully saturated rings. The van der Waals surface area contributed by atoms with Gasteiger partial charge in [0.15, 0.2) is 17.7 Å². The topological polar surface area (TPSA) is 67.2 Å². The molecule has 2 aliphatic heterocycles. The third-order valence-electron chi connectivity index (χ3n) is 2.14. The van der Waals surface area contributed by atoms with Crippen LogP contribution >= 0.6 is 0 Å². The Morgan fingerprint density at radius 1 is 1.29 bits per heavy atom. The molecule has 1 atom stereocenters. The lowest BCUT2D eigenvalue weighted by atomic mass is 10.1. The third kappa shape index (κ3) is 1.08. The first-order valence-corrected chi connectivity index (χ1v) is 4.23. The molecule has 2 aliphatic rings. The highest BCUT2D eigenvalue weighted by Gasteiger charge is 2.18. The summed E-state index contributed by atoms with van der Waals surface area (Å²) in [6.45, 7) is 0.288. The molecule has 72 valence electrons. The minimum atomic E-state index is -0.149. The van der Waals surface area contributed by atoms with E-state index in [0.29, 0.717) is 0 Å². The predicted octanol–water partition coefficient (Wildman–Crippen LogP) is 0.889. The fourth-order valence-electron chi connectivity index (χ4n) is 1.44. The third-order valence-corrected chi connectivity index (χ3v) is 2.14. The second-order valence-electron chi connectivity index (χ2n) is 2.99. The van der Waals surface area contributed by atoms with Crippen LogP contribution in [0.2, 0.25) is 0 Å². The van der Waals surface area contributed by atoms with E-state index in [2.05, 4.69) is 21.3 Å². The maximum Gasteiger partial charge on any atom is 0.231 e. The van der Waals surface area contributed by atoms with Crippen molar-refractivity contribution in [1.29, 1.82) is 0 Å². The summed E-state index contributed by atoms with van der Waals surface area (Å²) in [6.07, 6.45) is -0.149. The molecular weight excluding hydrogens is 184 g/mol. The second-order valence-corrected chi connectivity index (χ2v) is 2.99. The molecule has 6 heteroatoms. The summed E-state index contributed by atoms with van der Waals surface area (Å²) in [4.78, 5) is 0. The monoisotopic (exact) mass is 192 g/mol. The van der Waals surface area contributed by atoms with Gasteiger partial charge in [-0.25, -0.2) is 5.53 Å². The van der Waals surface area contributed by atoms with E-state index in [1.807, 2.05) is 18.2 Å². The quantitative estimate of drug-likeness (QED) is 0.693. The van der Waals surface area contributed by atoms with Gasteiger partial charge in [-0.15, -0.1) is 5.11 Å². The van der Waals surface area contributed by atoms with E-state index in [1.165, 1.54) is 0 Å². The van der Waals surface area contributed by atoms with Gasteiger partial charge < -0.3 is 9.47 Å². The highest BCUT2D eigenvalue weighted by molar-refractivity contribution is 5.45. The first kappa shape index (κ1) is 7.57. The Morgan fingerprint density at radius 2 is 2.21 bits per heavy atom. The number of nitrogens with one attached hydrogen (secondary N) is 2. The van der Waals surface area contributed by atoms with E-state index in [0.717, 1.165) is 17.1 Å². The number of hydrogen-bond donors (Lipinski definition) is 2. The lowest BCUT2D eigenvalue weighted by Gasteiger charge is -2.06. The lowest BCUT2D eigenvalue weighted by molar-refractivity contribution is 0.174. The van der Waals surface area contributed by atoms with Crippen LogP contribution in [-0.2, 0) is 0 Å². The Kier molecular flexibility index (Phi) is 1.54. The van der Waals surface area contributed by atoms with Crippen molar-refractivity contribution in [2.45, 2.75) is 6.17 Å². The molecule has 6 nitrogen and oxygen atoms in total. The molecule has 0 spiro atoms. The van der Waals surface area contributed by atoms with E-state index in [-0.39, 0.29) is 13.0 Å². The number of ether oxygens (including phenoxy) is 2. The van der Waals surface area contributed by atoms with Gasteiger partial charge in [-0.2, -0.15) is 5.43 Å². The zero-order valence-corrected chi connectivity index (χ0v) is 7.23. The van der Waals surface area contributed by atoms with E-state index >= 15 is 0 Å². The number of fused-ring (bicyclic) bond motifs is 1. The molecule has 0 aliphatic carbocycles. The van der Waals surface area contributed by atoms with Crippen LogP contribution in [0, 0.1) is 0 Å². The Morgan fingerprint density at radius 3 is 3.07 bits per heavy atom. The van der Waals surface area contributed by atoms with Crippen molar-refractivity contribution in [3.8, 4) is 11.5 Å². The van der Waals surface area contributed by atoms with Crippen LogP contribution in [0.3, 0.4) is 0 Å². The summed E-state index contributed by atoms with van der Waals surface area (Å²) in [5, 5.41) is 7.56. The molecule has 0 saturated carbocycles. The van der Waals surface area contributed by atoms with Crippen molar-refractivity contribution in [3.63, 3.8) is 0 Å². The molecular formula is C8H8N4O2. The number of benzene rings is 1. The Hall–Kier alpha value is -1.82. The van der Waals surface area contributed by atoms with E-state index < -0.39 is 0 Å². The molecule has 1 unspecified atom stereocenters. The van der Waals surface area contributed by atoms with Crippen molar-refractivity contribution in [3.05, 3.63) is 23.8 Å². The van der Waals surface area contributed by atoms with Crippen molar-refractivity contribution in [2.24, 2.45) is 10.3 Å². The van der Waals surface area contributed by atoms with E-state index in [1.54, 1.807) is 0 Å². The number of hydrogen-bond acceptors (Lipinski definition) is 6. The smallest absolute Gasteiger partial charge is 0.231 e. The van der Waals surface area contributed by atoms with Gasteiger partial charge in [-0.3, -0.25) is 0 Å². The zero-order chi connectivity index (χ0) is 9.38. The summed E-state index contributed by atoms with van der Waals surface area (Å²) in [6, 6.07) is 5.69. The minimum Gasteiger partial charge on any atom is -0.454 e. The largest absolute Gasteiger partial charge is 0.454 e. The average Bonchev–Trinajstić information content (AvgIpc) is 2.88. The van der Waals surface area contributed by atoms with Crippen molar-refractivity contribution >= 4 is 0 Å². The molecule has 3 rings (SSSR count). The maximum atomic E-state index is 5.26. The van der Waals surface area contributed by atoms with Gasteiger partial charge in [0.1, 0.15) is 0 Å². The highest BCUT2D eigenvalue weighted by atomic mass is 16.7. The summed E-state index contributed by atoms with van der Waals surface area (Å²) in [5.74, 6) is 1.53. The van der Waals surface area contributed by atoms with Gasteiger partial charge in [-0.05, 0) is 17.7 Å². The molecule has 0 saturated heterocycles. The van der Waals surface area contributed by atoms with Crippen molar-refractivity contribution in [1.82, 2.24) is 11.0 Å². The first-order valence-electron chi connectivity index (χ1n) is 4.23. The highest BCUT2D eigenvalue weighted by Crippen LogP contribution is 2.34. The van der Waals surface area contributed by atoms with Gasteiger partial charge in [0.25, 0.3) is 0 Å². The predicted molar refractivity (Wildman–Crippen MR) is 46.4 cm³/mol. The molecule has 2 N–H and O–H groups in total. The number of nitrogens with zero attached hydrogens (tertiary/aromatic N) is 2. The van der Waals surface area contributed by atoms with E-state index in [9.17, 15) is 0 Å². The minimum absolute atomic E-state index is 0.149. The average molecular weight is 192 g/mol. The summed E-state index contributed by atoms with van der Waals surface area (Å²) in [5.41, 5.74) is 6.45. The van der Waals surface area contributed by atoms with E-state index in [4.69, 9.17) is 9.47 Å². The first-order chi connectivity index (χ1) is 6.93. The van der Waals surface area contributed by atoms with Crippen molar-refractivity contribution < 1.29 is 9.47 Å². The summed E-state index contributed by atoms with van der Waals surface area (Å²) >= 11 is 0. The molecule has 0 bridgehead atoms. The van der Waals surface area contributed by atoms with Crippen LogP contribution in [0.1, 0.15) is 11.7 Å². The Balaban J connectivity index is 1.95. The normalized spacial score (nSPS) is 22.4. The molecule has 14 heavy (non-hydrogen) atoms. The molecule has 2 heterocycles. The van der Waals surface area contributed by atoms with Crippen LogP contribution < -0.4 is 20.4 Å². The SMILES string of the molecule is c1cc2c(cc1C1N=NNN1)OCO2. The van der Waals surface area contributed by atoms with Gasteiger partial charge in [0.05, 0.1) is 0 Å². The van der Waals surface area contributed by atoms with Gasteiger partial charge in [0.2, 0.25) is 6.79 Å². The van der Waals surface area contributed by atoms with Crippen LogP contribution in [0.4, 0.5) is 0 Å². The van der Waals surface area contributed by atoms with Gasteiger partial charge in [-0.1, -0.05) is 11.3 Å². The number of rotatable bonds is 1. The summed E-state index contributed by atoms with van der Waals surface area (Å²) in [7, 11) is 0. The molecule has 0 amide bonds. The van der Waals surface area contributed by atoms with Gasteiger partial charge >= 0.3 is 0 Å². The lowest BCUT2D eigenvalue weighted by Crippen LogP contribution is -2.23. The maximum absolute atomic E-state index is 5.26. The Labute approximate surface area is 79.9 Å². The standard InChI is InChI=1S/C8H8N4O2/c1-2-6-7(14-4-13-6)3-5(1)8-9-11-12-10-8/h1-3,8H,4H2,(H,9,12)(H,10,11). The van der Waals surface area contributed by atoms with Crippen LogP contribution in [0.5, 0.6) is 11.5 Å². The molecule has 0 aromatic heterocycles. The van der Waals surface area contributed by atoms with Crippen molar-refractivity contribution in [2.75, 3.05) is 6.79 Å². The van der Waals surface area contributed by atoms with Crippen LogP contribution in [0.15, 0.2) is 28.5 Å². The zero-order valence-electron chi connectivity index (χ0n) is 7.23. The fraction of sp³-hybridized carbons (Fsp3) is 0.250. The molecule has 1 aromatic rings.